The van der Waals surface area contributed by atoms with Crippen LogP contribution in [0.15, 0.2) is 108 Å². The zero-order chi connectivity index (χ0) is 34.1. The molecule has 0 aliphatic rings. The van der Waals surface area contributed by atoms with E-state index in [0.29, 0.717) is 38.9 Å². The van der Waals surface area contributed by atoms with Crippen molar-refractivity contribution in [2.75, 3.05) is 49.2 Å². The Morgan fingerprint density at radius 2 is 0.938 bits per heavy atom. The Hall–Kier alpha value is -6.12. The second-order valence-electron chi connectivity index (χ2n) is 10.7. The van der Waals surface area contributed by atoms with Gasteiger partial charge in [-0.05, 0) is 96.8 Å². The number of benzene rings is 4. The molecular formula is C40H38N4O4. The van der Waals surface area contributed by atoms with Crippen molar-refractivity contribution in [3.63, 3.8) is 0 Å². The number of hydrogen-bond acceptors (Lipinski definition) is 8. The first-order valence-electron chi connectivity index (χ1n) is 15.8. The molecule has 0 saturated heterocycles. The first kappa shape index (κ1) is 34.7. The van der Waals surface area contributed by atoms with E-state index < -0.39 is 0 Å². The molecule has 0 saturated carbocycles. The zero-order valence-corrected chi connectivity index (χ0v) is 27.2. The van der Waals surface area contributed by atoms with E-state index in [1.807, 2.05) is 109 Å². The van der Waals surface area contributed by atoms with Crippen molar-refractivity contribution in [2.24, 2.45) is 0 Å². The number of rotatable bonds is 17. The maximum Gasteiger partial charge on any atom is 0.160 e. The van der Waals surface area contributed by atoms with Gasteiger partial charge in [0.2, 0.25) is 0 Å². The van der Waals surface area contributed by atoms with Crippen molar-refractivity contribution >= 4 is 36.1 Å². The van der Waals surface area contributed by atoms with Gasteiger partial charge in [-0.2, -0.15) is 10.5 Å². The monoisotopic (exact) mass is 638 g/mol. The van der Waals surface area contributed by atoms with Gasteiger partial charge in [-0.25, -0.2) is 0 Å². The molecule has 0 radical (unpaired) electrons. The quantitative estimate of drug-likeness (QED) is 0.0670. The van der Waals surface area contributed by atoms with Crippen molar-refractivity contribution in [1.29, 1.82) is 10.5 Å². The number of carbonyl (C=O) groups excluding carboxylic acids is 2. The van der Waals surface area contributed by atoms with Crippen LogP contribution in [0.5, 0.6) is 11.5 Å². The van der Waals surface area contributed by atoms with Gasteiger partial charge in [0.15, 0.2) is 12.6 Å². The number of aldehydes is 2. The van der Waals surface area contributed by atoms with E-state index in [2.05, 4.69) is 23.6 Å². The highest BCUT2D eigenvalue weighted by molar-refractivity contribution is 5.87. The highest BCUT2D eigenvalue weighted by Crippen LogP contribution is 2.25. The van der Waals surface area contributed by atoms with E-state index in [9.17, 15) is 9.59 Å². The predicted octanol–water partition coefficient (Wildman–Crippen LogP) is 7.38. The van der Waals surface area contributed by atoms with Gasteiger partial charge in [-0.15, -0.1) is 0 Å². The molecule has 0 aliphatic heterocycles. The first-order chi connectivity index (χ1) is 23.5. The number of allylic oxidation sites excluding steroid dienone is 2. The second kappa shape index (κ2) is 18.1. The highest BCUT2D eigenvalue weighted by Gasteiger charge is 2.08. The standard InChI is InChI=1S/C40H38N4O4/c1-3-43(37-13-5-31(6-14-37)25-33(27-41)29-45)21-23-47-39-17-9-35(10-18-39)36-11-19-40(20-12-36)48-24-22-44(4-2)38-15-7-32(8-16-38)26-34(28-42)30-46/h5-20,25-26,29-30H,3-4,21-24H2,1-2H3. The number of nitriles is 2. The summed E-state index contributed by atoms with van der Waals surface area (Å²) in [5.74, 6) is 1.60. The van der Waals surface area contributed by atoms with E-state index in [-0.39, 0.29) is 11.1 Å². The Morgan fingerprint density at radius 3 is 1.23 bits per heavy atom. The maximum absolute atomic E-state index is 10.9. The summed E-state index contributed by atoms with van der Waals surface area (Å²) >= 11 is 0. The Balaban J connectivity index is 1.24. The van der Waals surface area contributed by atoms with E-state index in [1.54, 1.807) is 12.2 Å². The summed E-state index contributed by atoms with van der Waals surface area (Å²) in [5.41, 5.74) is 6.04. The molecule has 4 aromatic carbocycles. The third kappa shape index (κ3) is 9.94. The van der Waals surface area contributed by atoms with Crippen LogP contribution in [0.3, 0.4) is 0 Å². The topological polar surface area (TPSA) is 107 Å². The number of ether oxygens (including phenoxy) is 2. The number of nitrogens with zero attached hydrogens (tertiary/aromatic N) is 4. The number of likely N-dealkylation sites (N-methyl/N-ethyl adjacent to an activating group) is 2. The van der Waals surface area contributed by atoms with Crippen molar-refractivity contribution < 1.29 is 19.1 Å². The van der Waals surface area contributed by atoms with E-state index >= 15 is 0 Å². The lowest BCUT2D eigenvalue weighted by atomic mass is 10.1. The molecule has 8 nitrogen and oxygen atoms in total. The van der Waals surface area contributed by atoms with Gasteiger partial charge in [0.05, 0.1) is 24.2 Å². The lowest BCUT2D eigenvalue weighted by Gasteiger charge is -2.23. The van der Waals surface area contributed by atoms with E-state index in [0.717, 1.165) is 58.2 Å². The summed E-state index contributed by atoms with van der Waals surface area (Å²) in [6.07, 6.45) is 4.25. The molecule has 48 heavy (non-hydrogen) atoms. The summed E-state index contributed by atoms with van der Waals surface area (Å²) in [6.45, 7) is 8.26. The predicted molar refractivity (Wildman–Crippen MR) is 191 cm³/mol. The SMILES string of the molecule is CCN(CCOc1ccc(-c2ccc(OCCN(CC)c3ccc(C=C(C#N)C=O)cc3)cc2)cc1)c1ccc(C=C(C#N)C=O)cc1. The molecule has 0 aliphatic carbocycles. The number of hydrogen-bond donors (Lipinski definition) is 0. The summed E-state index contributed by atoms with van der Waals surface area (Å²) < 4.78 is 12.1. The average molecular weight is 639 g/mol. The van der Waals surface area contributed by atoms with Crippen LogP contribution in [0.4, 0.5) is 11.4 Å². The van der Waals surface area contributed by atoms with Crippen LogP contribution in [0.2, 0.25) is 0 Å². The van der Waals surface area contributed by atoms with Gasteiger partial charge in [0, 0.05) is 24.5 Å². The van der Waals surface area contributed by atoms with Crippen molar-refractivity contribution in [3.05, 3.63) is 119 Å². The fraction of sp³-hybridized carbons (Fsp3) is 0.200. The lowest BCUT2D eigenvalue weighted by Crippen LogP contribution is -2.28. The molecule has 0 unspecified atom stereocenters. The van der Waals surface area contributed by atoms with Crippen molar-refractivity contribution in [2.45, 2.75) is 13.8 Å². The van der Waals surface area contributed by atoms with E-state index in [1.165, 1.54) is 0 Å². The zero-order valence-electron chi connectivity index (χ0n) is 27.2. The van der Waals surface area contributed by atoms with Crippen LogP contribution in [0.1, 0.15) is 25.0 Å². The van der Waals surface area contributed by atoms with Gasteiger partial charge in [-0.1, -0.05) is 48.5 Å². The minimum Gasteiger partial charge on any atom is -0.492 e. The third-order valence-electron chi connectivity index (χ3n) is 7.74. The number of carbonyl (C=O) groups is 2. The van der Waals surface area contributed by atoms with Gasteiger partial charge >= 0.3 is 0 Å². The largest absolute Gasteiger partial charge is 0.492 e. The first-order valence-corrected chi connectivity index (χ1v) is 15.8. The highest BCUT2D eigenvalue weighted by atomic mass is 16.5. The van der Waals surface area contributed by atoms with E-state index in [4.69, 9.17) is 20.0 Å². The molecule has 0 amide bonds. The Bertz CT molecular complexity index is 1650. The molecule has 4 aromatic rings. The molecule has 0 aromatic heterocycles. The van der Waals surface area contributed by atoms with Crippen LogP contribution in [0.25, 0.3) is 23.3 Å². The normalized spacial score (nSPS) is 11.2. The summed E-state index contributed by atoms with van der Waals surface area (Å²) in [4.78, 5) is 26.2. The molecule has 0 N–H and O–H groups in total. The van der Waals surface area contributed by atoms with Crippen LogP contribution >= 0.6 is 0 Å². The maximum atomic E-state index is 10.9. The van der Waals surface area contributed by atoms with Gasteiger partial charge in [0.25, 0.3) is 0 Å². The Kier molecular flexibility index (Phi) is 13.1. The molecule has 0 bridgehead atoms. The van der Waals surface area contributed by atoms with Gasteiger partial charge in [-0.3, -0.25) is 9.59 Å². The molecule has 0 spiro atoms. The Labute approximate surface area is 282 Å². The summed E-state index contributed by atoms with van der Waals surface area (Å²) in [6, 6.07) is 35.3. The smallest absolute Gasteiger partial charge is 0.160 e. The minimum atomic E-state index is 0.0937. The molecule has 0 fully saturated rings. The molecule has 0 heterocycles. The Morgan fingerprint density at radius 1 is 0.583 bits per heavy atom. The summed E-state index contributed by atoms with van der Waals surface area (Å²) in [5, 5.41) is 17.9. The van der Waals surface area contributed by atoms with Crippen molar-refractivity contribution in [1.82, 2.24) is 0 Å². The van der Waals surface area contributed by atoms with Crippen LogP contribution in [0, 0.1) is 22.7 Å². The van der Waals surface area contributed by atoms with Crippen LogP contribution in [-0.2, 0) is 9.59 Å². The average Bonchev–Trinajstić information content (AvgIpc) is 3.14. The fourth-order valence-corrected chi connectivity index (χ4v) is 5.08. The summed E-state index contributed by atoms with van der Waals surface area (Å²) in [7, 11) is 0. The molecule has 4 rings (SSSR count). The molecular weight excluding hydrogens is 600 g/mol. The fourth-order valence-electron chi connectivity index (χ4n) is 5.08. The van der Waals surface area contributed by atoms with Crippen molar-refractivity contribution in [3.8, 4) is 34.8 Å². The molecule has 8 heteroatoms. The number of anilines is 2. The van der Waals surface area contributed by atoms with Gasteiger partial charge < -0.3 is 19.3 Å². The van der Waals surface area contributed by atoms with Crippen LogP contribution in [-0.4, -0.2) is 52.0 Å². The van der Waals surface area contributed by atoms with Gasteiger partial charge in [0.1, 0.15) is 36.9 Å². The molecule has 0 atom stereocenters. The minimum absolute atomic E-state index is 0.0937. The van der Waals surface area contributed by atoms with Crippen LogP contribution < -0.4 is 19.3 Å². The lowest BCUT2D eigenvalue weighted by molar-refractivity contribution is -0.105. The second-order valence-corrected chi connectivity index (χ2v) is 10.7. The molecule has 242 valence electrons. The third-order valence-corrected chi connectivity index (χ3v) is 7.74.